The largest absolute Gasteiger partial charge is 0.370 e. The molecule has 0 radical (unpaired) electrons. The molecule has 20 heavy (non-hydrogen) atoms. The molecule has 5 heteroatoms. The van der Waals surface area contributed by atoms with Crippen LogP contribution in [-0.2, 0) is 4.79 Å². The number of rotatable bonds is 4. The highest BCUT2D eigenvalue weighted by atomic mass is 79.9. The number of nitrogens with one attached hydrogen (secondary N) is 1. The van der Waals surface area contributed by atoms with Gasteiger partial charge < -0.3 is 11.1 Å². The number of carbonyl (C=O) groups is 1. The molecule has 2 aromatic rings. The number of aryl methyl sites for hydroxylation is 1. The standard InChI is InChI=1S/C15H14BrClN2O/c1-9-2-5-11(6-3-9)19-14(15(18)20)12-8-10(16)4-7-13(12)17/h2-8,14,19H,1H3,(H2,18,20). The molecule has 0 aliphatic carbocycles. The molecule has 0 aromatic heterocycles. The number of amides is 1. The van der Waals surface area contributed by atoms with Gasteiger partial charge in [0.1, 0.15) is 6.04 Å². The number of carbonyl (C=O) groups excluding carboxylic acids is 1. The van der Waals surface area contributed by atoms with Crippen LogP contribution >= 0.6 is 27.5 Å². The first kappa shape index (κ1) is 14.9. The lowest BCUT2D eigenvalue weighted by atomic mass is 10.1. The number of hydrogen-bond donors (Lipinski definition) is 2. The van der Waals surface area contributed by atoms with E-state index in [-0.39, 0.29) is 0 Å². The Morgan fingerprint density at radius 1 is 1.25 bits per heavy atom. The zero-order valence-corrected chi connectivity index (χ0v) is 13.2. The molecule has 0 aliphatic rings. The molecule has 1 atom stereocenters. The van der Waals surface area contributed by atoms with Crippen LogP contribution in [0.1, 0.15) is 17.2 Å². The topological polar surface area (TPSA) is 55.1 Å². The van der Waals surface area contributed by atoms with E-state index >= 15 is 0 Å². The summed E-state index contributed by atoms with van der Waals surface area (Å²) in [4.78, 5) is 11.7. The molecule has 2 rings (SSSR count). The molecule has 1 amide bonds. The maximum Gasteiger partial charge on any atom is 0.244 e. The maximum atomic E-state index is 11.7. The Labute approximate surface area is 131 Å². The van der Waals surface area contributed by atoms with Crippen molar-refractivity contribution in [2.75, 3.05) is 5.32 Å². The van der Waals surface area contributed by atoms with Crippen molar-refractivity contribution in [1.29, 1.82) is 0 Å². The van der Waals surface area contributed by atoms with E-state index in [1.807, 2.05) is 37.3 Å². The third-order valence-corrected chi connectivity index (χ3v) is 3.75. The van der Waals surface area contributed by atoms with Crippen molar-refractivity contribution in [2.24, 2.45) is 5.73 Å². The summed E-state index contributed by atoms with van der Waals surface area (Å²) in [6.45, 7) is 2.00. The van der Waals surface area contributed by atoms with E-state index in [9.17, 15) is 4.79 Å². The Morgan fingerprint density at radius 2 is 1.90 bits per heavy atom. The van der Waals surface area contributed by atoms with Crippen LogP contribution in [0.25, 0.3) is 0 Å². The first-order valence-electron chi connectivity index (χ1n) is 6.05. The van der Waals surface area contributed by atoms with E-state index in [0.717, 1.165) is 15.7 Å². The number of hydrogen-bond acceptors (Lipinski definition) is 2. The van der Waals surface area contributed by atoms with Gasteiger partial charge in [0.2, 0.25) is 5.91 Å². The van der Waals surface area contributed by atoms with Crippen LogP contribution in [0, 0.1) is 6.92 Å². The molecule has 0 spiro atoms. The highest BCUT2D eigenvalue weighted by molar-refractivity contribution is 9.10. The quantitative estimate of drug-likeness (QED) is 0.871. The van der Waals surface area contributed by atoms with Crippen molar-refractivity contribution >= 4 is 39.1 Å². The lowest BCUT2D eigenvalue weighted by Crippen LogP contribution is -2.28. The number of primary amides is 1. The van der Waals surface area contributed by atoms with E-state index in [1.165, 1.54) is 0 Å². The highest BCUT2D eigenvalue weighted by Gasteiger charge is 2.20. The molecule has 3 N–H and O–H groups in total. The minimum Gasteiger partial charge on any atom is -0.370 e. The number of benzene rings is 2. The number of nitrogens with two attached hydrogens (primary N) is 1. The predicted molar refractivity (Wildman–Crippen MR) is 85.9 cm³/mol. The van der Waals surface area contributed by atoms with Crippen LogP contribution in [0.3, 0.4) is 0 Å². The van der Waals surface area contributed by atoms with Crippen LogP contribution in [0.4, 0.5) is 5.69 Å². The van der Waals surface area contributed by atoms with Gasteiger partial charge in [-0.05, 0) is 37.3 Å². The zero-order chi connectivity index (χ0) is 14.7. The van der Waals surface area contributed by atoms with E-state index in [0.29, 0.717) is 10.6 Å². The Balaban J connectivity index is 2.34. The van der Waals surface area contributed by atoms with Crippen molar-refractivity contribution in [3.63, 3.8) is 0 Å². The van der Waals surface area contributed by atoms with Crippen molar-refractivity contribution < 1.29 is 4.79 Å². The van der Waals surface area contributed by atoms with Gasteiger partial charge in [-0.15, -0.1) is 0 Å². The Hall–Kier alpha value is -1.52. The SMILES string of the molecule is Cc1ccc(NC(C(N)=O)c2cc(Br)ccc2Cl)cc1. The second-order valence-electron chi connectivity index (χ2n) is 4.51. The van der Waals surface area contributed by atoms with E-state index < -0.39 is 11.9 Å². The minimum atomic E-state index is -0.678. The van der Waals surface area contributed by atoms with Crippen LogP contribution in [0.2, 0.25) is 5.02 Å². The average Bonchev–Trinajstić information content (AvgIpc) is 2.41. The highest BCUT2D eigenvalue weighted by Crippen LogP contribution is 2.29. The lowest BCUT2D eigenvalue weighted by Gasteiger charge is -2.18. The molecule has 1 unspecified atom stereocenters. The fourth-order valence-electron chi connectivity index (χ4n) is 1.85. The van der Waals surface area contributed by atoms with E-state index in [4.69, 9.17) is 17.3 Å². The van der Waals surface area contributed by atoms with Crippen molar-refractivity contribution in [1.82, 2.24) is 0 Å². The molecule has 104 valence electrons. The smallest absolute Gasteiger partial charge is 0.244 e. The normalized spacial score (nSPS) is 11.9. The summed E-state index contributed by atoms with van der Waals surface area (Å²) >= 11 is 9.53. The molecular formula is C15H14BrClN2O. The van der Waals surface area contributed by atoms with Gasteiger partial charge in [0, 0.05) is 20.7 Å². The molecule has 0 saturated carbocycles. The molecular weight excluding hydrogens is 340 g/mol. The van der Waals surface area contributed by atoms with Gasteiger partial charge in [0.15, 0.2) is 0 Å². The minimum absolute atomic E-state index is 0.481. The third-order valence-electron chi connectivity index (χ3n) is 2.92. The number of anilines is 1. The molecule has 0 saturated heterocycles. The monoisotopic (exact) mass is 352 g/mol. The predicted octanol–water partition coefficient (Wildman–Crippen LogP) is 4.05. The van der Waals surface area contributed by atoms with Gasteiger partial charge >= 0.3 is 0 Å². The summed E-state index contributed by atoms with van der Waals surface area (Å²) in [5, 5.41) is 3.61. The van der Waals surface area contributed by atoms with Gasteiger partial charge in [-0.3, -0.25) is 4.79 Å². The Morgan fingerprint density at radius 3 is 2.50 bits per heavy atom. The summed E-state index contributed by atoms with van der Waals surface area (Å²) in [7, 11) is 0. The summed E-state index contributed by atoms with van der Waals surface area (Å²) in [5.74, 6) is -0.481. The Kier molecular flexibility index (Phi) is 4.68. The third kappa shape index (κ3) is 3.52. The van der Waals surface area contributed by atoms with E-state index in [2.05, 4.69) is 21.2 Å². The van der Waals surface area contributed by atoms with Crippen LogP contribution in [0.15, 0.2) is 46.9 Å². The van der Waals surface area contributed by atoms with Gasteiger partial charge in [0.25, 0.3) is 0 Å². The molecule has 3 nitrogen and oxygen atoms in total. The molecule has 0 aliphatic heterocycles. The molecule has 2 aromatic carbocycles. The van der Waals surface area contributed by atoms with Gasteiger partial charge in [-0.25, -0.2) is 0 Å². The van der Waals surface area contributed by atoms with Crippen molar-refractivity contribution in [3.05, 3.63) is 63.1 Å². The lowest BCUT2D eigenvalue weighted by molar-refractivity contribution is -0.118. The van der Waals surface area contributed by atoms with Crippen LogP contribution < -0.4 is 11.1 Å². The average molecular weight is 354 g/mol. The van der Waals surface area contributed by atoms with Crippen LogP contribution in [-0.4, -0.2) is 5.91 Å². The Bertz CT molecular complexity index is 628. The molecule has 0 heterocycles. The first-order chi connectivity index (χ1) is 9.47. The van der Waals surface area contributed by atoms with Crippen molar-refractivity contribution in [2.45, 2.75) is 13.0 Å². The second kappa shape index (κ2) is 6.29. The fourth-order valence-corrected chi connectivity index (χ4v) is 2.46. The number of halogens is 2. The summed E-state index contributed by atoms with van der Waals surface area (Å²) in [6, 6.07) is 12.4. The van der Waals surface area contributed by atoms with Gasteiger partial charge in [0.05, 0.1) is 0 Å². The summed E-state index contributed by atoms with van der Waals surface area (Å²) < 4.78 is 0.842. The van der Waals surface area contributed by atoms with E-state index in [1.54, 1.807) is 12.1 Å². The second-order valence-corrected chi connectivity index (χ2v) is 5.83. The van der Waals surface area contributed by atoms with Crippen LogP contribution in [0.5, 0.6) is 0 Å². The summed E-state index contributed by atoms with van der Waals surface area (Å²) in [6.07, 6.45) is 0. The first-order valence-corrected chi connectivity index (χ1v) is 7.22. The zero-order valence-electron chi connectivity index (χ0n) is 10.9. The maximum absolute atomic E-state index is 11.7. The molecule has 0 fully saturated rings. The van der Waals surface area contributed by atoms with Gasteiger partial charge in [-0.1, -0.05) is 45.2 Å². The molecule has 0 bridgehead atoms. The van der Waals surface area contributed by atoms with Crippen molar-refractivity contribution in [3.8, 4) is 0 Å². The fraction of sp³-hybridized carbons (Fsp3) is 0.133. The summed E-state index contributed by atoms with van der Waals surface area (Å²) in [5.41, 5.74) is 8.10. The van der Waals surface area contributed by atoms with Gasteiger partial charge in [-0.2, -0.15) is 0 Å².